The van der Waals surface area contributed by atoms with Crippen LogP contribution in [0.2, 0.25) is 0 Å². The molecule has 1 heterocycles. The summed E-state index contributed by atoms with van der Waals surface area (Å²) in [5.74, 6) is -0.250. The van der Waals surface area contributed by atoms with Gasteiger partial charge in [0.15, 0.2) is 0 Å². The number of β-amino-alcohol motifs (C(OH)–C–C–N with tert-alkyl or cyclic N) is 1. The average molecular weight is 450 g/mol. The molecule has 0 spiro atoms. The third kappa shape index (κ3) is 6.27. The zero-order valence-corrected chi connectivity index (χ0v) is 18.8. The first kappa shape index (κ1) is 23.6. The van der Waals surface area contributed by atoms with Crippen LogP contribution in [0.1, 0.15) is 48.2 Å². The maximum Gasteiger partial charge on any atom is 0.123 e. The lowest BCUT2D eigenvalue weighted by molar-refractivity contribution is -0.0903. The van der Waals surface area contributed by atoms with Crippen LogP contribution in [0.4, 0.5) is 4.39 Å². The average Bonchev–Trinajstić information content (AvgIpc) is 2.85. The zero-order valence-electron chi connectivity index (χ0n) is 18.8. The van der Waals surface area contributed by atoms with Crippen LogP contribution in [0.25, 0.3) is 0 Å². The molecule has 3 atom stereocenters. The zero-order chi connectivity index (χ0) is 23.0. The quantitative estimate of drug-likeness (QED) is 0.478. The Bertz CT molecular complexity index is 928. The molecule has 3 aromatic rings. The summed E-state index contributed by atoms with van der Waals surface area (Å²) in [6.07, 6.45) is 1.07. The first-order valence-electron chi connectivity index (χ1n) is 11.7. The molecule has 3 aromatic carbocycles. The lowest BCUT2D eigenvalue weighted by Gasteiger charge is -2.39. The second-order valence-electron chi connectivity index (χ2n) is 8.74. The topological polar surface area (TPSA) is 52.9 Å². The Labute approximate surface area is 195 Å². The van der Waals surface area contributed by atoms with E-state index in [0.29, 0.717) is 18.7 Å². The summed E-state index contributed by atoms with van der Waals surface area (Å²) in [5.41, 5.74) is 2.87. The van der Waals surface area contributed by atoms with E-state index >= 15 is 0 Å². The van der Waals surface area contributed by atoms with E-state index in [1.807, 2.05) is 41.3 Å². The first-order valence-corrected chi connectivity index (χ1v) is 11.7. The van der Waals surface area contributed by atoms with E-state index in [1.54, 1.807) is 12.1 Å². The van der Waals surface area contributed by atoms with Gasteiger partial charge in [0.1, 0.15) is 18.1 Å². The molecule has 0 radical (unpaired) electrons. The Hall–Kier alpha value is -2.57. The van der Waals surface area contributed by atoms with E-state index < -0.39 is 12.3 Å². The molecule has 0 saturated carbocycles. The first-order chi connectivity index (χ1) is 16.1. The van der Waals surface area contributed by atoms with Crippen LogP contribution in [-0.2, 0) is 4.74 Å². The number of piperidine rings is 1. The van der Waals surface area contributed by atoms with Crippen molar-refractivity contribution in [3.05, 3.63) is 107 Å². The minimum absolute atomic E-state index is 0.0753. The minimum atomic E-state index is -0.768. The number of ether oxygens (including phenoxy) is 1. The highest BCUT2D eigenvalue weighted by Gasteiger charge is 2.31. The second kappa shape index (κ2) is 11.5. The van der Waals surface area contributed by atoms with Crippen LogP contribution in [0, 0.1) is 11.7 Å². The molecule has 174 valence electrons. The molecule has 1 saturated heterocycles. The Morgan fingerprint density at radius 1 is 0.879 bits per heavy atom. The third-order valence-corrected chi connectivity index (χ3v) is 6.46. The highest BCUT2D eigenvalue weighted by atomic mass is 19.1. The van der Waals surface area contributed by atoms with E-state index in [-0.39, 0.29) is 17.8 Å². The fourth-order valence-corrected chi connectivity index (χ4v) is 4.62. The van der Waals surface area contributed by atoms with Crippen LogP contribution in [-0.4, -0.2) is 41.0 Å². The molecule has 4 nitrogen and oxygen atoms in total. The fourth-order valence-electron chi connectivity index (χ4n) is 4.62. The summed E-state index contributed by atoms with van der Waals surface area (Å²) < 4.78 is 19.5. The summed E-state index contributed by atoms with van der Waals surface area (Å²) >= 11 is 0. The summed E-state index contributed by atoms with van der Waals surface area (Å²) in [6.45, 7) is 1.58. The van der Waals surface area contributed by atoms with Gasteiger partial charge in [-0.2, -0.15) is 0 Å². The standard InChI is InChI=1S/C28H32FNO3/c29-25-15-13-21(14-16-25)26(31)20-30-18-7-12-24(28(30)32)17-19-33-27(22-8-3-1-4-9-22)23-10-5-2-6-11-23/h1-6,8-11,13-16,24,26-28,31-32H,7,12,17-20H2/t24-,26-,28-/m1/s1. The van der Waals surface area contributed by atoms with Crippen molar-refractivity contribution >= 4 is 0 Å². The van der Waals surface area contributed by atoms with E-state index in [0.717, 1.165) is 36.9 Å². The van der Waals surface area contributed by atoms with Gasteiger partial charge < -0.3 is 14.9 Å². The van der Waals surface area contributed by atoms with Crippen molar-refractivity contribution in [3.63, 3.8) is 0 Å². The van der Waals surface area contributed by atoms with Crippen molar-refractivity contribution < 1.29 is 19.3 Å². The van der Waals surface area contributed by atoms with E-state index in [4.69, 9.17) is 4.74 Å². The number of likely N-dealkylation sites (tertiary alicyclic amines) is 1. The summed E-state index contributed by atoms with van der Waals surface area (Å²) in [4.78, 5) is 1.92. The summed E-state index contributed by atoms with van der Waals surface area (Å²) in [5, 5.41) is 21.5. The number of aliphatic hydroxyl groups is 2. The summed E-state index contributed by atoms with van der Waals surface area (Å²) in [7, 11) is 0. The Kier molecular flexibility index (Phi) is 8.24. The van der Waals surface area contributed by atoms with Gasteiger partial charge >= 0.3 is 0 Å². The predicted octanol–water partition coefficient (Wildman–Crippen LogP) is 5.09. The third-order valence-electron chi connectivity index (χ3n) is 6.46. The van der Waals surface area contributed by atoms with Crippen LogP contribution < -0.4 is 0 Å². The minimum Gasteiger partial charge on any atom is -0.387 e. The van der Waals surface area contributed by atoms with E-state index in [9.17, 15) is 14.6 Å². The van der Waals surface area contributed by atoms with Crippen molar-refractivity contribution in [2.75, 3.05) is 19.7 Å². The summed E-state index contributed by atoms with van der Waals surface area (Å²) in [6, 6.07) is 26.3. The van der Waals surface area contributed by atoms with Gasteiger partial charge in [0.05, 0.1) is 6.10 Å². The van der Waals surface area contributed by atoms with Crippen LogP contribution >= 0.6 is 0 Å². The lowest BCUT2D eigenvalue weighted by Crippen LogP contribution is -2.47. The van der Waals surface area contributed by atoms with Crippen molar-refractivity contribution in [2.45, 2.75) is 37.7 Å². The molecule has 0 aliphatic carbocycles. The lowest BCUT2D eigenvalue weighted by atomic mass is 9.92. The Morgan fingerprint density at radius 3 is 2.09 bits per heavy atom. The van der Waals surface area contributed by atoms with Crippen LogP contribution in [0.15, 0.2) is 84.9 Å². The molecular formula is C28H32FNO3. The smallest absolute Gasteiger partial charge is 0.123 e. The molecule has 0 unspecified atom stereocenters. The van der Waals surface area contributed by atoms with Gasteiger partial charge in [-0.05, 0) is 48.1 Å². The van der Waals surface area contributed by atoms with Crippen LogP contribution in [0.5, 0.6) is 0 Å². The van der Waals surface area contributed by atoms with Crippen molar-refractivity contribution in [3.8, 4) is 0 Å². The number of benzene rings is 3. The van der Waals surface area contributed by atoms with Crippen molar-refractivity contribution in [1.29, 1.82) is 0 Å². The van der Waals surface area contributed by atoms with Gasteiger partial charge in [-0.1, -0.05) is 72.8 Å². The van der Waals surface area contributed by atoms with Gasteiger partial charge in [0.25, 0.3) is 0 Å². The predicted molar refractivity (Wildman–Crippen MR) is 127 cm³/mol. The van der Waals surface area contributed by atoms with E-state index in [2.05, 4.69) is 24.3 Å². The second-order valence-corrected chi connectivity index (χ2v) is 8.74. The number of nitrogens with zero attached hydrogens (tertiary/aromatic N) is 1. The molecule has 4 rings (SSSR count). The van der Waals surface area contributed by atoms with E-state index in [1.165, 1.54) is 12.1 Å². The number of aliphatic hydroxyl groups excluding tert-OH is 2. The van der Waals surface area contributed by atoms with Gasteiger partial charge in [-0.15, -0.1) is 0 Å². The van der Waals surface area contributed by atoms with Gasteiger partial charge in [-0.3, -0.25) is 4.90 Å². The van der Waals surface area contributed by atoms with Gasteiger partial charge in [-0.25, -0.2) is 4.39 Å². The molecule has 1 fully saturated rings. The van der Waals surface area contributed by atoms with Gasteiger partial charge in [0.2, 0.25) is 0 Å². The molecule has 1 aliphatic heterocycles. The van der Waals surface area contributed by atoms with Crippen molar-refractivity contribution in [2.24, 2.45) is 5.92 Å². The molecule has 2 N–H and O–H groups in total. The largest absolute Gasteiger partial charge is 0.387 e. The highest BCUT2D eigenvalue weighted by molar-refractivity contribution is 5.29. The maximum atomic E-state index is 13.2. The number of halogens is 1. The molecule has 1 aliphatic rings. The number of rotatable bonds is 9. The molecule has 0 amide bonds. The number of hydrogen-bond donors (Lipinski definition) is 2. The molecule has 0 bridgehead atoms. The SMILES string of the molecule is O[C@H](CN1CCC[C@H](CCOC(c2ccccc2)c2ccccc2)[C@H]1O)c1ccc(F)cc1. The maximum absolute atomic E-state index is 13.2. The number of hydrogen-bond acceptors (Lipinski definition) is 4. The van der Waals surface area contributed by atoms with Crippen molar-refractivity contribution in [1.82, 2.24) is 4.90 Å². The monoisotopic (exact) mass is 449 g/mol. The van der Waals surface area contributed by atoms with Gasteiger partial charge in [0, 0.05) is 25.6 Å². The Morgan fingerprint density at radius 2 is 1.48 bits per heavy atom. The molecule has 0 aromatic heterocycles. The molecule has 5 heteroatoms. The van der Waals surface area contributed by atoms with Crippen LogP contribution in [0.3, 0.4) is 0 Å². The normalized spacial score (nSPS) is 20.1. The molecular weight excluding hydrogens is 417 g/mol. The molecule has 33 heavy (non-hydrogen) atoms. The Balaban J connectivity index is 1.34. The highest BCUT2D eigenvalue weighted by Crippen LogP contribution is 2.30. The fraction of sp³-hybridized carbons (Fsp3) is 0.357.